The zero-order valence-electron chi connectivity index (χ0n) is 15.5. The summed E-state index contributed by atoms with van der Waals surface area (Å²) in [6, 6.07) is 6.20. The molecule has 3 N–H and O–H groups in total. The van der Waals surface area contributed by atoms with Crippen molar-refractivity contribution in [3.05, 3.63) is 36.8 Å². The number of carbonyl (C=O) groups excluding carboxylic acids is 1. The van der Waals surface area contributed by atoms with Crippen LogP contribution in [0.3, 0.4) is 0 Å². The van der Waals surface area contributed by atoms with Crippen LogP contribution in [-0.4, -0.2) is 60.8 Å². The second kappa shape index (κ2) is 8.90. The van der Waals surface area contributed by atoms with Gasteiger partial charge >= 0.3 is 12.1 Å². The first-order valence-electron chi connectivity index (χ1n) is 8.86. The maximum Gasteiger partial charge on any atom is 0.490 e. The van der Waals surface area contributed by atoms with Crippen LogP contribution in [0.5, 0.6) is 0 Å². The minimum absolute atomic E-state index is 0.0819. The smallest absolute Gasteiger partial charge is 0.475 e. The van der Waals surface area contributed by atoms with Crippen molar-refractivity contribution in [2.75, 3.05) is 18.4 Å². The topological polar surface area (TPSA) is 127 Å². The number of rotatable bonds is 5. The lowest BCUT2D eigenvalue weighted by Gasteiger charge is -2.25. The fourth-order valence-corrected chi connectivity index (χ4v) is 2.57. The number of aliphatic carboxylic acids is 1. The van der Waals surface area contributed by atoms with E-state index < -0.39 is 12.1 Å². The monoisotopic (exact) mass is 425 g/mol. The third kappa shape index (κ3) is 5.31. The average molecular weight is 425 g/mol. The van der Waals surface area contributed by atoms with E-state index in [1.54, 1.807) is 17.2 Å². The van der Waals surface area contributed by atoms with Crippen LogP contribution in [0.1, 0.15) is 12.5 Å². The normalized spacial score (nSPS) is 14.0. The molecular weight excluding hydrogens is 407 g/mol. The number of fused-ring (bicyclic) bond motifs is 1. The highest BCUT2D eigenvalue weighted by Gasteiger charge is 2.38. The van der Waals surface area contributed by atoms with Crippen molar-refractivity contribution in [3.63, 3.8) is 0 Å². The predicted molar refractivity (Wildman–Crippen MR) is 98.6 cm³/mol. The van der Waals surface area contributed by atoms with E-state index in [9.17, 15) is 18.0 Å². The van der Waals surface area contributed by atoms with Crippen LogP contribution in [0, 0.1) is 0 Å². The molecule has 1 fully saturated rings. The molecule has 3 aromatic rings. The van der Waals surface area contributed by atoms with Gasteiger partial charge in [-0.15, -0.1) is 5.10 Å². The second-order valence-corrected chi connectivity index (χ2v) is 6.39. The van der Waals surface area contributed by atoms with E-state index in [2.05, 4.69) is 25.8 Å². The van der Waals surface area contributed by atoms with Gasteiger partial charge in [-0.3, -0.25) is 4.79 Å². The summed E-state index contributed by atoms with van der Waals surface area (Å²) in [7, 11) is 0. The number of alkyl halides is 3. The second-order valence-electron chi connectivity index (χ2n) is 6.39. The molecule has 1 amide bonds. The first kappa shape index (κ1) is 21.2. The first-order valence-corrected chi connectivity index (χ1v) is 8.86. The van der Waals surface area contributed by atoms with Gasteiger partial charge in [0.05, 0.1) is 12.2 Å². The predicted octanol–water partition coefficient (Wildman–Crippen LogP) is 1.43. The molecule has 3 aromatic heterocycles. The molecule has 160 valence electrons. The van der Waals surface area contributed by atoms with Gasteiger partial charge in [-0.05, 0) is 18.2 Å². The molecule has 13 heteroatoms. The molecule has 10 nitrogen and oxygen atoms in total. The Morgan fingerprint density at radius 1 is 1.30 bits per heavy atom. The Bertz CT molecular complexity index is 1030. The molecule has 0 bridgehead atoms. The van der Waals surface area contributed by atoms with Crippen LogP contribution < -0.4 is 10.6 Å². The molecular formula is C17H18F3N7O3. The van der Waals surface area contributed by atoms with Gasteiger partial charge in [0.25, 0.3) is 0 Å². The number of hydrogen-bond acceptors (Lipinski definition) is 6. The van der Waals surface area contributed by atoms with E-state index in [4.69, 9.17) is 9.90 Å². The van der Waals surface area contributed by atoms with Crippen molar-refractivity contribution >= 4 is 28.7 Å². The Kier molecular flexibility index (Phi) is 6.30. The Labute approximate surface area is 167 Å². The molecule has 1 aliphatic heterocycles. The highest BCUT2D eigenvalue weighted by atomic mass is 19.4. The Balaban J connectivity index is 0.000000318. The molecule has 0 atom stereocenters. The van der Waals surface area contributed by atoms with Crippen LogP contribution in [0.25, 0.3) is 11.0 Å². The first-order chi connectivity index (χ1) is 14.2. The molecule has 0 saturated carbocycles. The van der Waals surface area contributed by atoms with E-state index in [0.29, 0.717) is 18.8 Å². The van der Waals surface area contributed by atoms with Gasteiger partial charge in [-0.2, -0.15) is 23.1 Å². The number of halogens is 3. The summed E-state index contributed by atoms with van der Waals surface area (Å²) in [5.41, 5.74) is 0.892. The standard InChI is InChI=1S/C15H17N7O.C2HF3O2/c23-14(19-13-10-18-22(20-13)12-8-16-9-12)4-7-21-6-3-11-2-1-5-17-15(11)21;3-2(4,5)1(6)7/h1-3,5-6,10,12,16H,4,7-9H2,(H,19,20,23);(H,6,7). The summed E-state index contributed by atoms with van der Waals surface area (Å²) >= 11 is 0. The number of aryl methyl sites for hydroxylation is 1. The lowest BCUT2D eigenvalue weighted by atomic mass is 10.2. The molecule has 0 radical (unpaired) electrons. The number of anilines is 1. The molecule has 4 heterocycles. The van der Waals surface area contributed by atoms with Gasteiger partial charge in [0.1, 0.15) is 5.65 Å². The summed E-state index contributed by atoms with van der Waals surface area (Å²) in [6.07, 6.45) is 0.568. The van der Waals surface area contributed by atoms with E-state index in [0.717, 1.165) is 24.1 Å². The molecule has 0 aliphatic carbocycles. The van der Waals surface area contributed by atoms with Crippen molar-refractivity contribution in [1.29, 1.82) is 0 Å². The third-order valence-corrected chi connectivity index (χ3v) is 4.21. The van der Waals surface area contributed by atoms with Gasteiger partial charge < -0.3 is 20.3 Å². The molecule has 1 saturated heterocycles. The van der Waals surface area contributed by atoms with Crippen molar-refractivity contribution in [2.24, 2.45) is 0 Å². The number of pyridine rings is 1. The Morgan fingerprint density at radius 3 is 2.67 bits per heavy atom. The average Bonchev–Trinajstić information content (AvgIpc) is 3.25. The van der Waals surface area contributed by atoms with Gasteiger partial charge in [0.15, 0.2) is 5.82 Å². The van der Waals surface area contributed by atoms with E-state index >= 15 is 0 Å². The number of carboxylic acid groups (broad SMARTS) is 1. The SMILES string of the molecule is O=C(CCn1ccc2cccnc21)Nc1cnn(C2CNC2)n1.O=C(O)C(F)(F)F. The molecule has 30 heavy (non-hydrogen) atoms. The van der Waals surface area contributed by atoms with Crippen LogP contribution in [-0.2, 0) is 16.1 Å². The summed E-state index contributed by atoms with van der Waals surface area (Å²) in [5.74, 6) is -2.34. The number of nitrogens with zero attached hydrogens (tertiary/aromatic N) is 5. The van der Waals surface area contributed by atoms with Gasteiger partial charge in [0.2, 0.25) is 5.91 Å². The van der Waals surface area contributed by atoms with E-state index in [1.807, 2.05) is 29.0 Å². The van der Waals surface area contributed by atoms with E-state index in [1.165, 1.54) is 0 Å². The minimum atomic E-state index is -5.08. The minimum Gasteiger partial charge on any atom is -0.475 e. The number of aromatic nitrogens is 5. The Morgan fingerprint density at radius 2 is 2.03 bits per heavy atom. The zero-order valence-corrected chi connectivity index (χ0v) is 15.5. The maximum atomic E-state index is 12.1. The van der Waals surface area contributed by atoms with Crippen LogP contribution in [0.4, 0.5) is 19.0 Å². The third-order valence-electron chi connectivity index (χ3n) is 4.21. The number of nitrogens with one attached hydrogen (secondary N) is 2. The molecule has 1 aliphatic rings. The maximum absolute atomic E-state index is 12.1. The Hall–Kier alpha value is -3.48. The highest BCUT2D eigenvalue weighted by Crippen LogP contribution is 2.14. The number of hydrogen-bond donors (Lipinski definition) is 3. The molecule has 0 spiro atoms. The number of amides is 1. The van der Waals surface area contributed by atoms with Crippen molar-refractivity contribution in [1.82, 2.24) is 29.9 Å². The van der Waals surface area contributed by atoms with Crippen molar-refractivity contribution in [2.45, 2.75) is 25.2 Å². The van der Waals surface area contributed by atoms with E-state index in [-0.39, 0.29) is 11.9 Å². The summed E-state index contributed by atoms with van der Waals surface area (Å²) in [4.78, 5) is 27.0. The van der Waals surface area contributed by atoms with Crippen molar-refractivity contribution in [3.8, 4) is 0 Å². The fraction of sp³-hybridized carbons (Fsp3) is 0.353. The van der Waals surface area contributed by atoms with Crippen LogP contribution in [0.2, 0.25) is 0 Å². The number of carbonyl (C=O) groups is 2. The fourth-order valence-electron chi connectivity index (χ4n) is 2.57. The zero-order chi connectivity index (χ0) is 21.7. The molecule has 0 unspecified atom stereocenters. The highest BCUT2D eigenvalue weighted by molar-refractivity contribution is 5.89. The van der Waals surface area contributed by atoms with Gasteiger partial charge in [-0.1, -0.05) is 0 Å². The van der Waals surface area contributed by atoms with Gasteiger partial charge in [0, 0.05) is 43.8 Å². The van der Waals surface area contributed by atoms with Crippen LogP contribution in [0.15, 0.2) is 36.8 Å². The molecule has 4 rings (SSSR count). The summed E-state index contributed by atoms with van der Waals surface area (Å²) in [5, 5.41) is 22.6. The summed E-state index contributed by atoms with van der Waals surface area (Å²) in [6.45, 7) is 2.32. The quantitative estimate of drug-likeness (QED) is 0.564. The lowest BCUT2D eigenvalue weighted by molar-refractivity contribution is -0.192. The van der Waals surface area contributed by atoms with Crippen molar-refractivity contribution < 1.29 is 27.9 Å². The summed E-state index contributed by atoms with van der Waals surface area (Å²) < 4.78 is 33.7. The largest absolute Gasteiger partial charge is 0.490 e. The molecule has 0 aromatic carbocycles. The lowest BCUT2D eigenvalue weighted by Crippen LogP contribution is -2.44. The van der Waals surface area contributed by atoms with Gasteiger partial charge in [-0.25, -0.2) is 9.78 Å². The number of carboxylic acids is 1. The van der Waals surface area contributed by atoms with Crippen LogP contribution >= 0.6 is 0 Å².